The number of aliphatic hydroxyl groups excluding tert-OH is 1. The highest BCUT2D eigenvalue weighted by atomic mass is 16.4. The van der Waals surface area contributed by atoms with Gasteiger partial charge in [-0.15, -0.1) is 0 Å². The van der Waals surface area contributed by atoms with Gasteiger partial charge in [0.2, 0.25) is 0 Å². The van der Waals surface area contributed by atoms with Gasteiger partial charge in [-0.25, -0.2) is 0 Å². The lowest BCUT2D eigenvalue weighted by Crippen LogP contribution is -2.69. The van der Waals surface area contributed by atoms with E-state index in [9.17, 15) is 20.1 Å². The SMILES string of the molecule is C[C@H]1[C@H]2[C@H]3CC[C@@H]4[C@@]5(C)CC[C@H](O)C(C)(C)[C@@H]5CC[C@@]4(C)[C@]3(C)CC[C@@]2(C(=O)O)CC[C@@]1(C)O. The van der Waals surface area contributed by atoms with Gasteiger partial charge < -0.3 is 15.3 Å². The number of carbonyl (C=O) groups is 1. The van der Waals surface area contributed by atoms with Crippen molar-refractivity contribution in [2.45, 2.75) is 124 Å². The van der Waals surface area contributed by atoms with Gasteiger partial charge in [0.25, 0.3) is 0 Å². The largest absolute Gasteiger partial charge is 0.481 e. The lowest BCUT2D eigenvalue weighted by molar-refractivity contribution is -0.265. The summed E-state index contributed by atoms with van der Waals surface area (Å²) in [6.45, 7) is 16.3. The van der Waals surface area contributed by atoms with Gasteiger partial charge in [-0.3, -0.25) is 4.79 Å². The van der Waals surface area contributed by atoms with Crippen LogP contribution in [0.3, 0.4) is 0 Å². The topological polar surface area (TPSA) is 77.8 Å². The van der Waals surface area contributed by atoms with E-state index in [1.54, 1.807) is 0 Å². The van der Waals surface area contributed by atoms with Crippen LogP contribution in [0.25, 0.3) is 0 Å². The molecule has 0 aromatic heterocycles. The molecule has 3 N–H and O–H groups in total. The molecule has 5 aliphatic rings. The van der Waals surface area contributed by atoms with Crippen molar-refractivity contribution in [3.05, 3.63) is 0 Å². The van der Waals surface area contributed by atoms with Crippen LogP contribution in [0.5, 0.6) is 0 Å². The van der Waals surface area contributed by atoms with E-state index in [4.69, 9.17) is 0 Å². The van der Waals surface area contributed by atoms with E-state index < -0.39 is 17.0 Å². The van der Waals surface area contributed by atoms with Crippen LogP contribution >= 0.6 is 0 Å². The zero-order valence-corrected chi connectivity index (χ0v) is 22.8. The highest BCUT2D eigenvalue weighted by molar-refractivity contribution is 5.76. The fraction of sp³-hybridized carbons (Fsp3) is 0.967. The van der Waals surface area contributed by atoms with Crippen molar-refractivity contribution in [2.75, 3.05) is 0 Å². The molecule has 0 spiro atoms. The summed E-state index contributed by atoms with van der Waals surface area (Å²) in [4.78, 5) is 12.8. The van der Waals surface area contributed by atoms with Gasteiger partial charge in [0, 0.05) is 0 Å². The minimum absolute atomic E-state index is 0.00203. The number of rotatable bonds is 1. The number of hydrogen-bond acceptors (Lipinski definition) is 3. The van der Waals surface area contributed by atoms with Crippen LogP contribution in [0.2, 0.25) is 0 Å². The Morgan fingerprint density at radius 2 is 1.41 bits per heavy atom. The average Bonchev–Trinajstić information content (AvgIpc) is 2.74. The summed E-state index contributed by atoms with van der Waals surface area (Å²) in [7, 11) is 0. The number of carboxylic acid groups (broad SMARTS) is 1. The molecule has 11 atom stereocenters. The summed E-state index contributed by atoms with van der Waals surface area (Å²) in [5, 5.41) is 32.8. The van der Waals surface area contributed by atoms with Gasteiger partial charge >= 0.3 is 5.97 Å². The molecule has 0 amide bonds. The third-order valence-electron chi connectivity index (χ3n) is 14.1. The Balaban J connectivity index is 1.57. The van der Waals surface area contributed by atoms with Crippen molar-refractivity contribution >= 4 is 5.97 Å². The van der Waals surface area contributed by atoms with Crippen LogP contribution in [-0.2, 0) is 4.79 Å². The standard InChI is InChI=1S/C30H50O4/c1-18-23-19-8-9-21-26(4)12-11-22(31)25(2,3)20(26)10-13-28(21,6)27(19,5)14-16-30(23,24(32)33)17-15-29(18,7)34/h18-23,31,34H,8-17H2,1-7H3,(H,32,33)/t18-,19+,20-,21+,22-,23-,26-,27+,28+,29+,30+/m0/s1. The molecule has 0 bridgehead atoms. The van der Waals surface area contributed by atoms with Crippen LogP contribution in [0.4, 0.5) is 0 Å². The summed E-state index contributed by atoms with van der Waals surface area (Å²) < 4.78 is 0. The average molecular weight is 475 g/mol. The zero-order chi connectivity index (χ0) is 25.1. The predicted octanol–water partition coefficient (Wildman–Crippen LogP) is 6.28. The third kappa shape index (κ3) is 2.82. The van der Waals surface area contributed by atoms with E-state index in [1.807, 2.05) is 6.92 Å². The van der Waals surface area contributed by atoms with Crippen molar-refractivity contribution in [3.8, 4) is 0 Å². The molecule has 0 unspecified atom stereocenters. The molecule has 0 aromatic rings. The highest BCUT2D eigenvalue weighted by Gasteiger charge is 2.72. The molecule has 5 saturated carbocycles. The first-order valence-electron chi connectivity index (χ1n) is 14.2. The summed E-state index contributed by atoms with van der Waals surface area (Å²) in [6.07, 6.45) is 9.35. The Bertz CT molecular complexity index is 864. The monoisotopic (exact) mass is 474 g/mol. The molecule has 0 saturated heterocycles. The number of fused-ring (bicyclic) bond motifs is 7. The molecule has 5 aliphatic carbocycles. The van der Waals surface area contributed by atoms with E-state index in [1.165, 1.54) is 6.42 Å². The molecule has 0 aromatic carbocycles. The lowest BCUT2D eigenvalue weighted by Gasteiger charge is -2.73. The molecule has 194 valence electrons. The zero-order valence-electron chi connectivity index (χ0n) is 22.8. The van der Waals surface area contributed by atoms with E-state index in [-0.39, 0.29) is 39.6 Å². The van der Waals surface area contributed by atoms with Crippen LogP contribution in [0.1, 0.15) is 113 Å². The second kappa shape index (κ2) is 7.24. The van der Waals surface area contributed by atoms with Crippen LogP contribution in [-0.4, -0.2) is 33.0 Å². The van der Waals surface area contributed by atoms with Gasteiger partial charge in [-0.2, -0.15) is 0 Å². The Morgan fingerprint density at radius 1 is 0.765 bits per heavy atom. The Hall–Kier alpha value is -0.610. The Morgan fingerprint density at radius 3 is 2.06 bits per heavy atom. The molecular formula is C30H50O4. The Kier molecular flexibility index (Phi) is 5.34. The molecule has 4 nitrogen and oxygen atoms in total. The first-order valence-corrected chi connectivity index (χ1v) is 14.2. The summed E-state index contributed by atoms with van der Waals surface area (Å²) in [5.74, 6) is 0.926. The van der Waals surface area contributed by atoms with E-state index >= 15 is 0 Å². The lowest BCUT2D eigenvalue weighted by atomic mass is 9.31. The van der Waals surface area contributed by atoms with Crippen LogP contribution in [0.15, 0.2) is 0 Å². The quantitative estimate of drug-likeness (QED) is 0.418. The third-order valence-corrected chi connectivity index (χ3v) is 14.1. The first kappa shape index (κ1) is 25.1. The van der Waals surface area contributed by atoms with Crippen molar-refractivity contribution in [1.29, 1.82) is 0 Å². The van der Waals surface area contributed by atoms with Crippen molar-refractivity contribution in [2.24, 2.45) is 56.7 Å². The highest BCUT2D eigenvalue weighted by Crippen LogP contribution is 2.77. The molecule has 4 heteroatoms. The summed E-state index contributed by atoms with van der Waals surface area (Å²) in [6, 6.07) is 0. The molecule has 5 fully saturated rings. The minimum Gasteiger partial charge on any atom is -0.481 e. The van der Waals surface area contributed by atoms with Gasteiger partial charge in [0.1, 0.15) is 0 Å². The number of aliphatic carboxylic acids is 1. The minimum atomic E-state index is -0.785. The van der Waals surface area contributed by atoms with E-state index in [0.29, 0.717) is 30.6 Å². The number of aliphatic hydroxyl groups is 2. The second-order valence-corrected chi connectivity index (χ2v) is 15.2. The van der Waals surface area contributed by atoms with Gasteiger partial charge in [0.05, 0.1) is 17.1 Å². The molecular weight excluding hydrogens is 424 g/mol. The maximum absolute atomic E-state index is 12.8. The second-order valence-electron chi connectivity index (χ2n) is 15.2. The summed E-state index contributed by atoms with van der Waals surface area (Å²) >= 11 is 0. The van der Waals surface area contributed by atoms with Crippen molar-refractivity contribution in [3.63, 3.8) is 0 Å². The number of hydrogen-bond donors (Lipinski definition) is 3. The maximum atomic E-state index is 12.8. The van der Waals surface area contributed by atoms with Crippen molar-refractivity contribution < 1.29 is 20.1 Å². The molecule has 34 heavy (non-hydrogen) atoms. The van der Waals surface area contributed by atoms with E-state index in [2.05, 4.69) is 41.5 Å². The predicted molar refractivity (Wildman–Crippen MR) is 134 cm³/mol. The molecule has 0 heterocycles. The maximum Gasteiger partial charge on any atom is 0.309 e. The van der Waals surface area contributed by atoms with E-state index in [0.717, 1.165) is 44.9 Å². The Labute approximate surface area is 207 Å². The first-order chi connectivity index (χ1) is 15.6. The molecule has 0 radical (unpaired) electrons. The van der Waals surface area contributed by atoms with Gasteiger partial charge in [0.15, 0.2) is 0 Å². The fourth-order valence-corrected chi connectivity index (χ4v) is 11.6. The summed E-state index contributed by atoms with van der Waals surface area (Å²) in [5.41, 5.74) is -1.01. The van der Waals surface area contributed by atoms with Crippen LogP contribution < -0.4 is 0 Å². The number of carboxylic acids is 1. The van der Waals surface area contributed by atoms with Crippen molar-refractivity contribution in [1.82, 2.24) is 0 Å². The molecule has 0 aliphatic heterocycles. The van der Waals surface area contributed by atoms with Gasteiger partial charge in [-0.05, 0) is 122 Å². The normalized spacial score (nSPS) is 58.6. The van der Waals surface area contributed by atoms with Gasteiger partial charge in [-0.1, -0.05) is 41.5 Å². The molecule has 5 rings (SSSR count). The smallest absolute Gasteiger partial charge is 0.309 e. The fourth-order valence-electron chi connectivity index (χ4n) is 11.6. The van der Waals surface area contributed by atoms with Crippen LogP contribution in [0, 0.1) is 56.7 Å².